The van der Waals surface area contributed by atoms with Gasteiger partial charge in [0, 0.05) is 0 Å². The standard InChI is InChI=1S/C24H14O6/c1-3-15-10-8-9-13-19(15)30-22-17(4-2)18(23(25)26)14-20(21(22)24(27)28)29-16-11-6-5-7-12-16/h1-2,5-14H,(H,25,26)(H,27,28). The lowest BCUT2D eigenvalue weighted by Gasteiger charge is -2.18. The zero-order valence-corrected chi connectivity index (χ0v) is 15.5. The van der Waals surface area contributed by atoms with Crippen LogP contribution in [0.1, 0.15) is 31.8 Å². The van der Waals surface area contributed by atoms with Gasteiger partial charge in [-0.1, -0.05) is 42.2 Å². The van der Waals surface area contributed by atoms with Gasteiger partial charge in [0.15, 0.2) is 5.75 Å². The Kier molecular flexibility index (Phi) is 5.72. The molecule has 0 saturated heterocycles. The van der Waals surface area contributed by atoms with Crippen LogP contribution in [-0.2, 0) is 0 Å². The molecule has 0 fully saturated rings. The van der Waals surface area contributed by atoms with E-state index in [1.807, 2.05) is 0 Å². The average molecular weight is 398 g/mol. The Morgan fingerprint density at radius 3 is 2.07 bits per heavy atom. The molecule has 6 heteroatoms. The fourth-order valence-corrected chi connectivity index (χ4v) is 2.73. The predicted octanol–water partition coefficient (Wildman–Crippen LogP) is 4.63. The van der Waals surface area contributed by atoms with Crippen LogP contribution < -0.4 is 9.47 Å². The number of aromatic carboxylic acids is 2. The number of ether oxygens (including phenoxy) is 2. The highest BCUT2D eigenvalue weighted by molar-refractivity contribution is 6.00. The third kappa shape index (κ3) is 3.94. The Balaban J connectivity index is 2.29. The van der Waals surface area contributed by atoms with Gasteiger partial charge in [0.2, 0.25) is 0 Å². The minimum absolute atomic E-state index is 0.146. The van der Waals surface area contributed by atoms with E-state index < -0.39 is 17.5 Å². The summed E-state index contributed by atoms with van der Waals surface area (Å²) in [5, 5.41) is 19.5. The van der Waals surface area contributed by atoms with Crippen molar-refractivity contribution in [3.63, 3.8) is 0 Å². The van der Waals surface area contributed by atoms with E-state index in [1.165, 1.54) is 6.07 Å². The van der Waals surface area contributed by atoms with Crippen LogP contribution >= 0.6 is 0 Å². The fraction of sp³-hybridized carbons (Fsp3) is 0. The Bertz CT molecular complexity index is 1210. The van der Waals surface area contributed by atoms with Gasteiger partial charge < -0.3 is 19.7 Å². The number of rotatable bonds is 6. The summed E-state index contributed by atoms with van der Waals surface area (Å²) in [6, 6.07) is 15.8. The van der Waals surface area contributed by atoms with Gasteiger partial charge in [-0.3, -0.25) is 0 Å². The van der Waals surface area contributed by atoms with E-state index in [-0.39, 0.29) is 28.4 Å². The van der Waals surface area contributed by atoms with Crippen LogP contribution in [0.3, 0.4) is 0 Å². The number of carboxylic acid groups (broad SMARTS) is 2. The average Bonchev–Trinajstić information content (AvgIpc) is 2.74. The maximum atomic E-state index is 12.1. The highest BCUT2D eigenvalue weighted by atomic mass is 16.5. The van der Waals surface area contributed by atoms with Crippen LogP contribution in [0.25, 0.3) is 0 Å². The number of carbonyl (C=O) groups is 2. The first-order valence-corrected chi connectivity index (χ1v) is 8.56. The SMILES string of the molecule is C#Cc1ccccc1Oc1c(C#C)c(C(=O)O)cc(Oc2ccccc2)c1C(=O)O. The molecule has 146 valence electrons. The van der Waals surface area contributed by atoms with Gasteiger partial charge in [-0.05, 0) is 30.3 Å². The van der Waals surface area contributed by atoms with Crippen LogP contribution in [0, 0.1) is 24.7 Å². The zero-order valence-electron chi connectivity index (χ0n) is 15.5. The second-order valence-corrected chi connectivity index (χ2v) is 5.91. The summed E-state index contributed by atoms with van der Waals surface area (Å²) >= 11 is 0. The molecule has 3 rings (SSSR count). The monoisotopic (exact) mass is 398 g/mol. The topological polar surface area (TPSA) is 93.1 Å². The van der Waals surface area contributed by atoms with E-state index in [0.717, 1.165) is 6.07 Å². The second kappa shape index (κ2) is 8.55. The Morgan fingerprint density at radius 1 is 0.800 bits per heavy atom. The predicted molar refractivity (Wildman–Crippen MR) is 109 cm³/mol. The lowest BCUT2D eigenvalue weighted by molar-refractivity contribution is 0.0675. The van der Waals surface area contributed by atoms with Crippen LogP contribution in [0.15, 0.2) is 60.7 Å². The molecule has 3 aromatic rings. The van der Waals surface area contributed by atoms with Gasteiger partial charge in [0.1, 0.15) is 22.8 Å². The van der Waals surface area contributed by atoms with Crippen molar-refractivity contribution >= 4 is 11.9 Å². The first-order chi connectivity index (χ1) is 14.5. The van der Waals surface area contributed by atoms with Gasteiger partial charge in [-0.25, -0.2) is 9.59 Å². The fourth-order valence-electron chi connectivity index (χ4n) is 2.73. The quantitative estimate of drug-likeness (QED) is 0.588. The van der Waals surface area contributed by atoms with Crippen molar-refractivity contribution in [3.8, 4) is 47.7 Å². The third-order valence-electron chi connectivity index (χ3n) is 4.06. The number of benzene rings is 3. The molecule has 0 aliphatic carbocycles. The molecule has 0 bridgehead atoms. The lowest BCUT2D eigenvalue weighted by atomic mass is 10.0. The van der Waals surface area contributed by atoms with Crippen molar-refractivity contribution in [1.29, 1.82) is 0 Å². The largest absolute Gasteiger partial charge is 0.478 e. The summed E-state index contributed by atoms with van der Waals surface area (Å²) in [5.74, 6) is 1.72. The minimum Gasteiger partial charge on any atom is -0.478 e. The molecule has 3 aromatic carbocycles. The summed E-state index contributed by atoms with van der Waals surface area (Å²) < 4.78 is 11.4. The van der Waals surface area contributed by atoms with Crippen molar-refractivity contribution in [1.82, 2.24) is 0 Å². The van der Waals surface area contributed by atoms with Gasteiger partial charge in [-0.2, -0.15) is 0 Å². The van der Waals surface area contributed by atoms with Crippen molar-refractivity contribution in [2.45, 2.75) is 0 Å². The van der Waals surface area contributed by atoms with E-state index in [4.69, 9.17) is 22.3 Å². The molecule has 0 unspecified atom stereocenters. The minimum atomic E-state index is -1.41. The molecular weight excluding hydrogens is 384 g/mol. The first kappa shape index (κ1) is 20.1. The Morgan fingerprint density at radius 2 is 1.47 bits per heavy atom. The number of terminal acetylenes is 2. The summed E-state index contributed by atoms with van der Waals surface area (Å²) in [4.78, 5) is 23.9. The first-order valence-electron chi connectivity index (χ1n) is 8.56. The van der Waals surface area contributed by atoms with E-state index in [9.17, 15) is 19.8 Å². The maximum absolute atomic E-state index is 12.1. The highest BCUT2D eigenvalue weighted by Crippen LogP contribution is 2.40. The zero-order chi connectivity index (χ0) is 21.7. The molecule has 2 N–H and O–H groups in total. The van der Waals surface area contributed by atoms with E-state index in [1.54, 1.807) is 48.5 Å². The summed E-state index contributed by atoms with van der Waals surface area (Å²) in [6.07, 6.45) is 11.0. The number of hydrogen-bond acceptors (Lipinski definition) is 4. The molecule has 0 aliphatic rings. The van der Waals surface area contributed by atoms with Crippen molar-refractivity contribution in [3.05, 3.63) is 82.9 Å². The summed E-state index contributed by atoms with van der Waals surface area (Å²) in [5.41, 5.74) is -0.680. The van der Waals surface area contributed by atoms with Gasteiger partial charge in [0.05, 0.1) is 16.7 Å². The number of para-hydroxylation sites is 2. The molecule has 0 spiro atoms. The van der Waals surface area contributed by atoms with Crippen LogP contribution in [0.5, 0.6) is 23.0 Å². The van der Waals surface area contributed by atoms with E-state index in [0.29, 0.717) is 11.3 Å². The third-order valence-corrected chi connectivity index (χ3v) is 4.06. The summed E-state index contributed by atoms with van der Waals surface area (Å²) in [6.45, 7) is 0. The Hall–Kier alpha value is -4.68. The highest BCUT2D eigenvalue weighted by Gasteiger charge is 2.28. The van der Waals surface area contributed by atoms with E-state index in [2.05, 4.69) is 11.8 Å². The molecule has 0 amide bonds. The van der Waals surface area contributed by atoms with Crippen LogP contribution in [0.4, 0.5) is 0 Å². The summed E-state index contributed by atoms with van der Waals surface area (Å²) in [7, 11) is 0. The van der Waals surface area contributed by atoms with Crippen molar-refractivity contribution < 1.29 is 29.3 Å². The molecule has 0 aliphatic heterocycles. The molecule has 6 nitrogen and oxygen atoms in total. The van der Waals surface area contributed by atoms with Gasteiger partial charge in [-0.15, -0.1) is 12.8 Å². The number of carboxylic acids is 2. The maximum Gasteiger partial charge on any atom is 0.343 e. The van der Waals surface area contributed by atoms with Gasteiger partial charge >= 0.3 is 11.9 Å². The molecule has 0 atom stereocenters. The molecule has 0 saturated carbocycles. The molecule has 0 radical (unpaired) electrons. The van der Waals surface area contributed by atoms with Crippen molar-refractivity contribution in [2.24, 2.45) is 0 Å². The second-order valence-electron chi connectivity index (χ2n) is 5.91. The number of hydrogen-bond donors (Lipinski definition) is 2. The lowest BCUT2D eigenvalue weighted by Crippen LogP contribution is -2.10. The van der Waals surface area contributed by atoms with Crippen LogP contribution in [0.2, 0.25) is 0 Å². The molecule has 0 aromatic heterocycles. The van der Waals surface area contributed by atoms with Crippen LogP contribution in [-0.4, -0.2) is 22.2 Å². The molecular formula is C24H14O6. The van der Waals surface area contributed by atoms with E-state index >= 15 is 0 Å². The molecule has 0 heterocycles. The molecule has 30 heavy (non-hydrogen) atoms. The Labute approximate surface area is 172 Å². The smallest absolute Gasteiger partial charge is 0.343 e. The normalized spacial score (nSPS) is 9.80. The van der Waals surface area contributed by atoms with Crippen molar-refractivity contribution in [2.75, 3.05) is 0 Å². The van der Waals surface area contributed by atoms with Gasteiger partial charge in [0.25, 0.3) is 0 Å².